The summed E-state index contributed by atoms with van der Waals surface area (Å²) in [6, 6.07) is 6.29. The first-order chi connectivity index (χ1) is 10.3. The second-order valence-corrected chi connectivity index (χ2v) is 5.80. The molecule has 2 aliphatic rings. The minimum atomic E-state index is 0.377. The highest BCUT2D eigenvalue weighted by Gasteiger charge is 2.21. The number of methoxy groups -OCH3 is 1. The highest BCUT2D eigenvalue weighted by molar-refractivity contribution is 6.01. The van der Waals surface area contributed by atoms with Gasteiger partial charge in [0.1, 0.15) is 12.4 Å². The second kappa shape index (κ2) is 6.35. The van der Waals surface area contributed by atoms with Crippen LogP contribution < -0.4 is 15.8 Å². The Kier molecular flexibility index (Phi) is 4.29. The van der Waals surface area contributed by atoms with E-state index in [4.69, 9.17) is 15.2 Å². The fraction of sp³-hybridized carbons (Fsp3) is 0.562. The summed E-state index contributed by atoms with van der Waals surface area (Å²) in [5.74, 6) is 2.13. The third kappa shape index (κ3) is 3.29. The number of fused-ring (bicyclic) bond motifs is 1. The van der Waals surface area contributed by atoms with Gasteiger partial charge in [-0.25, -0.2) is 4.99 Å². The molecule has 1 saturated carbocycles. The number of hydrogen-bond acceptors (Lipinski definition) is 5. The van der Waals surface area contributed by atoms with Crippen LogP contribution in [0.1, 0.15) is 31.2 Å². The van der Waals surface area contributed by atoms with Gasteiger partial charge in [0, 0.05) is 11.7 Å². The Labute approximate surface area is 125 Å². The molecule has 0 saturated heterocycles. The normalized spacial score (nSPS) is 24.6. The number of nitrogens with one attached hydrogen (secondary N) is 1. The van der Waals surface area contributed by atoms with E-state index in [1.807, 2.05) is 18.2 Å². The van der Waals surface area contributed by atoms with Crippen molar-refractivity contribution in [2.75, 3.05) is 25.7 Å². The summed E-state index contributed by atoms with van der Waals surface area (Å²) < 4.78 is 11.3. The van der Waals surface area contributed by atoms with Crippen molar-refractivity contribution in [2.24, 2.45) is 16.6 Å². The molecule has 5 heteroatoms. The van der Waals surface area contributed by atoms with Crippen LogP contribution in [0.15, 0.2) is 23.2 Å². The van der Waals surface area contributed by atoms with Gasteiger partial charge in [-0.1, -0.05) is 0 Å². The van der Waals surface area contributed by atoms with E-state index >= 15 is 0 Å². The van der Waals surface area contributed by atoms with Crippen molar-refractivity contribution < 1.29 is 9.47 Å². The van der Waals surface area contributed by atoms with E-state index in [-0.39, 0.29) is 0 Å². The number of hydrogen-bond donors (Lipinski definition) is 2. The zero-order valence-corrected chi connectivity index (χ0v) is 12.5. The summed E-state index contributed by atoms with van der Waals surface area (Å²) in [6.45, 7) is 1.28. The SMILES string of the molecule is COc1ccc2c(c1)C(OCC1CCC(N)CC1)=NCN2. The van der Waals surface area contributed by atoms with Gasteiger partial charge in [-0.05, 0) is 49.8 Å². The first kappa shape index (κ1) is 14.2. The quantitative estimate of drug-likeness (QED) is 0.896. The van der Waals surface area contributed by atoms with Crippen molar-refractivity contribution >= 4 is 11.6 Å². The number of nitrogens with zero attached hydrogens (tertiary/aromatic N) is 1. The van der Waals surface area contributed by atoms with Crippen LogP contribution in [-0.2, 0) is 4.74 Å². The first-order valence-corrected chi connectivity index (χ1v) is 7.61. The Hall–Kier alpha value is -1.75. The largest absolute Gasteiger partial charge is 0.497 e. The van der Waals surface area contributed by atoms with Gasteiger partial charge in [0.25, 0.3) is 0 Å². The van der Waals surface area contributed by atoms with Crippen LogP contribution in [0.2, 0.25) is 0 Å². The van der Waals surface area contributed by atoms with Gasteiger partial charge in [-0.2, -0.15) is 0 Å². The van der Waals surface area contributed by atoms with Crippen molar-refractivity contribution in [2.45, 2.75) is 31.7 Å². The Morgan fingerprint density at radius 1 is 1.29 bits per heavy atom. The van der Waals surface area contributed by atoms with Crippen molar-refractivity contribution in [3.63, 3.8) is 0 Å². The Balaban J connectivity index is 1.65. The topological polar surface area (TPSA) is 68.9 Å². The molecule has 1 aliphatic heterocycles. The van der Waals surface area contributed by atoms with Gasteiger partial charge in [0.15, 0.2) is 0 Å². The molecule has 0 radical (unpaired) electrons. The molecule has 3 rings (SSSR count). The van der Waals surface area contributed by atoms with Gasteiger partial charge < -0.3 is 20.5 Å². The summed E-state index contributed by atoms with van der Waals surface area (Å²) in [4.78, 5) is 4.45. The second-order valence-electron chi connectivity index (χ2n) is 5.80. The zero-order valence-electron chi connectivity index (χ0n) is 12.5. The molecule has 0 aromatic heterocycles. The van der Waals surface area contributed by atoms with Crippen LogP contribution in [-0.4, -0.2) is 32.3 Å². The molecular formula is C16H23N3O2. The maximum absolute atomic E-state index is 6.00. The van der Waals surface area contributed by atoms with E-state index in [1.54, 1.807) is 7.11 Å². The third-order valence-electron chi connectivity index (χ3n) is 4.30. The Bertz CT molecular complexity index is 522. The van der Waals surface area contributed by atoms with Gasteiger partial charge in [0.2, 0.25) is 5.90 Å². The molecule has 1 aliphatic carbocycles. The monoisotopic (exact) mass is 289 g/mol. The fourth-order valence-electron chi connectivity index (χ4n) is 2.94. The minimum absolute atomic E-state index is 0.377. The molecule has 0 unspecified atom stereocenters. The van der Waals surface area contributed by atoms with E-state index in [1.165, 1.54) is 0 Å². The van der Waals surface area contributed by atoms with Crippen LogP contribution >= 0.6 is 0 Å². The predicted octanol–water partition coefficient (Wildman–Crippen LogP) is 2.36. The molecule has 3 N–H and O–H groups in total. The average Bonchev–Trinajstić information content (AvgIpc) is 2.54. The van der Waals surface area contributed by atoms with Gasteiger partial charge in [-0.3, -0.25) is 0 Å². The van der Waals surface area contributed by atoms with Crippen LogP contribution in [0.3, 0.4) is 0 Å². The lowest BCUT2D eigenvalue weighted by Gasteiger charge is -2.27. The van der Waals surface area contributed by atoms with E-state index in [9.17, 15) is 0 Å². The number of aliphatic imine (C=N–C) groups is 1. The maximum atomic E-state index is 6.00. The highest BCUT2D eigenvalue weighted by atomic mass is 16.5. The maximum Gasteiger partial charge on any atom is 0.220 e. The lowest BCUT2D eigenvalue weighted by molar-refractivity contribution is 0.192. The molecule has 1 aromatic rings. The predicted molar refractivity (Wildman–Crippen MR) is 83.9 cm³/mol. The zero-order chi connectivity index (χ0) is 14.7. The number of anilines is 1. The number of rotatable bonds is 3. The Morgan fingerprint density at radius 3 is 2.86 bits per heavy atom. The summed E-state index contributed by atoms with van der Waals surface area (Å²) >= 11 is 0. The standard InChI is InChI=1S/C16H23N3O2/c1-20-13-6-7-15-14(8-13)16(19-10-18-15)21-9-11-2-4-12(17)5-3-11/h6-8,11-12,18H,2-5,9-10,17H2,1H3. The molecule has 5 nitrogen and oxygen atoms in total. The van der Waals surface area contributed by atoms with E-state index in [0.29, 0.717) is 18.6 Å². The molecule has 0 amide bonds. The Morgan fingerprint density at radius 2 is 2.10 bits per heavy atom. The highest BCUT2D eigenvalue weighted by Crippen LogP contribution is 2.27. The van der Waals surface area contributed by atoms with Crippen LogP contribution in [0.25, 0.3) is 0 Å². The van der Waals surface area contributed by atoms with Gasteiger partial charge >= 0.3 is 0 Å². The summed E-state index contributed by atoms with van der Waals surface area (Å²) in [5.41, 5.74) is 7.97. The lowest BCUT2D eigenvalue weighted by Crippen LogP contribution is -2.29. The summed E-state index contributed by atoms with van der Waals surface area (Å²) in [5, 5.41) is 3.25. The van der Waals surface area contributed by atoms with Gasteiger partial charge in [-0.15, -0.1) is 0 Å². The molecule has 0 spiro atoms. The van der Waals surface area contributed by atoms with Crippen molar-refractivity contribution in [3.05, 3.63) is 23.8 Å². The molecule has 21 heavy (non-hydrogen) atoms. The van der Waals surface area contributed by atoms with Gasteiger partial charge in [0.05, 0.1) is 19.3 Å². The van der Waals surface area contributed by atoms with E-state index in [2.05, 4.69) is 10.3 Å². The summed E-state index contributed by atoms with van der Waals surface area (Å²) in [6.07, 6.45) is 4.51. The summed E-state index contributed by atoms with van der Waals surface area (Å²) in [7, 11) is 1.67. The van der Waals surface area contributed by atoms with Crippen LogP contribution in [0.4, 0.5) is 5.69 Å². The van der Waals surface area contributed by atoms with Crippen LogP contribution in [0, 0.1) is 5.92 Å². The smallest absolute Gasteiger partial charge is 0.220 e. The average molecular weight is 289 g/mol. The molecule has 1 fully saturated rings. The molecular weight excluding hydrogens is 266 g/mol. The first-order valence-electron chi connectivity index (χ1n) is 7.61. The molecule has 114 valence electrons. The minimum Gasteiger partial charge on any atom is -0.497 e. The molecule has 0 bridgehead atoms. The fourth-order valence-corrected chi connectivity index (χ4v) is 2.94. The molecule has 1 aromatic carbocycles. The lowest BCUT2D eigenvalue weighted by atomic mass is 9.87. The third-order valence-corrected chi connectivity index (χ3v) is 4.30. The number of ether oxygens (including phenoxy) is 2. The number of benzene rings is 1. The number of nitrogens with two attached hydrogens (primary N) is 1. The van der Waals surface area contributed by atoms with Crippen molar-refractivity contribution in [1.82, 2.24) is 0 Å². The van der Waals surface area contributed by atoms with E-state index < -0.39 is 0 Å². The van der Waals surface area contributed by atoms with Crippen LogP contribution in [0.5, 0.6) is 5.75 Å². The molecule has 0 atom stereocenters. The van der Waals surface area contributed by atoms with Crippen molar-refractivity contribution in [1.29, 1.82) is 0 Å². The molecule has 1 heterocycles. The van der Waals surface area contributed by atoms with E-state index in [0.717, 1.165) is 55.2 Å². The van der Waals surface area contributed by atoms with Crippen molar-refractivity contribution in [3.8, 4) is 5.75 Å².